The molecule has 1 N–H and O–H groups in total. The van der Waals surface area contributed by atoms with Gasteiger partial charge in [-0.1, -0.05) is 23.4 Å². The fourth-order valence-corrected chi connectivity index (χ4v) is 1.36. The fraction of sp³-hybridized carbons (Fsp3) is 0.182. The Labute approximate surface area is 98.7 Å². The van der Waals surface area contributed by atoms with Crippen molar-refractivity contribution in [3.05, 3.63) is 28.3 Å². The molecule has 0 saturated heterocycles. The van der Waals surface area contributed by atoms with E-state index in [0.717, 1.165) is 0 Å². The fourth-order valence-electron chi connectivity index (χ4n) is 1.02. The summed E-state index contributed by atoms with van der Waals surface area (Å²) in [4.78, 5) is 10.6. The molecule has 0 fully saturated rings. The predicted octanol–water partition coefficient (Wildman–Crippen LogP) is 2.53. The molecule has 1 aromatic carbocycles. The van der Waals surface area contributed by atoms with Crippen molar-refractivity contribution in [1.29, 1.82) is 0 Å². The van der Waals surface area contributed by atoms with E-state index in [-0.39, 0.29) is 11.3 Å². The smallest absolute Gasteiger partial charge is 0.153 e. The number of hydrogen-bond donors (Lipinski definition) is 2. The van der Waals surface area contributed by atoms with E-state index >= 15 is 0 Å². The van der Waals surface area contributed by atoms with Gasteiger partial charge in [0.2, 0.25) is 0 Å². The van der Waals surface area contributed by atoms with Crippen LogP contribution in [0.1, 0.15) is 22.3 Å². The highest BCUT2D eigenvalue weighted by Crippen LogP contribution is 2.25. The molecule has 0 aromatic heterocycles. The van der Waals surface area contributed by atoms with E-state index in [1.165, 1.54) is 12.1 Å². The molecule has 78 valence electrons. The lowest BCUT2D eigenvalue weighted by molar-refractivity contribution is 0.112. The van der Waals surface area contributed by atoms with Crippen molar-refractivity contribution in [3.63, 3.8) is 0 Å². The SMILES string of the molecule is O=Cc1cc(Cl)cc(C#CCCS)c1O. The van der Waals surface area contributed by atoms with Crippen molar-refractivity contribution in [1.82, 2.24) is 0 Å². The maximum atomic E-state index is 10.6. The third-order valence-corrected chi connectivity index (χ3v) is 2.13. The number of aldehydes is 1. The minimum atomic E-state index is -0.124. The summed E-state index contributed by atoms with van der Waals surface area (Å²) in [5.41, 5.74) is 0.518. The van der Waals surface area contributed by atoms with E-state index in [9.17, 15) is 9.90 Å². The molecule has 2 nitrogen and oxygen atoms in total. The molecule has 4 heteroatoms. The Bertz CT molecular complexity index is 432. The molecule has 0 heterocycles. The molecule has 0 aliphatic heterocycles. The van der Waals surface area contributed by atoms with Crippen LogP contribution in [0.2, 0.25) is 5.02 Å². The van der Waals surface area contributed by atoms with Crippen LogP contribution < -0.4 is 0 Å². The Morgan fingerprint density at radius 1 is 1.53 bits per heavy atom. The minimum absolute atomic E-state index is 0.124. The maximum absolute atomic E-state index is 10.6. The monoisotopic (exact) mass is 240 g/mol. The third-order valence-electron chi connectivity index (χ3n) is 1.69. The van der Waals surface area contributed by atoms with Crippen LogP contribution in [0.25, 0.3) is 0 Å². The van der Waals surface area contributed by atoms with Gasteiger partial charge in [0, 0.05) is 17.2 Å². The van der Waals surface area contributed by atoms with Gasteiger partial charge in [-0.2, -0.15) is 12.6 Å². The van der Waals surface area contributed by atoms with Crippen LogP contribution in [0.5, 0.6) is 5.75 Å². The number of hydrogen-bond acceptors (Lipinski definition) is 3. The van der Waals surface area contributed by atoms with E-state index in [1.807, 2.05) is 0 Å². The first-order valence-electron chi connectivity index (χ1n) is 4.26. The summed E-state index contributed by atoms with van der Waals surface area (Å²) < 4.78 is 0. The van der Waals surface area contributed by atoms with Gasteiger partial charge in [-0.05, 0) is 12.1 Å². The molecule has 0 aliphatic carbocycles. The lowest BCUT2D eigenvalue weighted by Crippen LogP contribution is -1.86. The summed E-state index contributed by atoms with van der Waals surface area (Å²) in [6.45, 7) is 0. The number of rotatable bonds is 2. The second kappa shape index (κ2) is 5.69. The maximum Gasteiger partial charge on any atom is 0.153 e. The number of halogens is 1. The van der Waals surface area contributed by atoms with Gasteiger partial charge in [0.05, 0.1) is 11.1 Å². The highest BCUT2D eigenvalue weighted by Gasteiger charge is 2.06. The minimum Gasteiger partial charge on any atom is -0.506 e. The number of carbonyl (C=O) groups is 1. The highest BCUT2D eigenvalue weighted by atomic mass is 35.5. The molecule has 0 unspecified atom stereocenters. The summed E-state index contributed by atoms with van der Waals surface area (Å²) in [5.74, 6) is 6.07. The van der Waals surface area contributed by atoms with Crippen LogP contribution in [0, 0.1) is 11.8 Å². The number of phenolic OH excluding ortho intramolecular Hbond substituents is 1. The Kier molecular flexibility index (Phi) is 4.54. The van der Waals surface area contributed by atoms with Gasteiger partial charge in [0.25, 0.3) is 0 Å². The average Bonchev–Trinajstić information content (AvgIpc) is 2.23. The number of carbonyl (C=O) groups excluding carboxylic acids is 1. The summed E-state index contributed by atoms with van der Waals surface area (Å²) in [7, 11) is 0. The summed E-state index contributed by atoms with van der Waals surface area (Å²) in [6.07, 6.45) is 1.16. The molecular weight excluding hydrogens is 232 g/mol. The van der Waals surface area contributed by atoms with E-state index in [4.69, 9.17) is 11.6 Å². The lowest BCUT2D eigenvalue weighted by Gasteiger charge is -2.01. The molecule has 0 radical (unpaired) electrons. The third kappa shape index (κ3) is 3.19. The van der Waals surface area contributed by atoms with Crippen LogP contribution in [0.15, 0.2) is 12.1 Å². The first-order chi connectivity index (χ1) is 7.19. The quantitative estimate of drug-likeness (QED) is 0.474. The summed E-state index contributed by atoms with van der Waals surface area (Å²) in [6, 6.07) is 2.92. The first kappa shape index (κ1) is 12.0. The molecule has 15 heavy (non-hydrogen) atoms. The zero-order valence-corrected chi connectivity index (χ0v) is 9.48. The van der Waals surface area contributed by atoms with Crippen molar-refractivity contribution in [2.24, 2.45) is 0 Å². The standard InChI is InChI=1S/C11H9ClO2S/c12-10-5-8(3-1-2-4-15)11(14)9(6-10)7-13/h5-7,14-15H,2,4H2. The van der Waals surface area contributed by atoms with Gasteiger partial charge in [-0.15, -0.1) is 0 Å². The topological polar surface area (TPSA) is 37.3 Å². The van der Waals surface area contributed by atoms with E-state index in [1.54, 1.807) is 0 Å². The highest BCUT2D eigenvalue weighted by molar-refractivity contribution is 7.80. The predicted molar refractivity (Wildman–Crippen MR) is 63.9 cm³/mol. The van der Waals surface area contributed by atoms with Gasteiger partial charge in [0.15, 0.2) is 6.29 Å². The van der Waals surface area contributed by atoms with Gasteiger partial charge in [0.1, 0.15) is 5.75 Å². The number of benzene rings is 1. The van der Waals surface area contributed by atoms with Crippen molar-refractivity contribution < 1.29 is 9.90 Å². The molecule has 1 rings (SSSR count). The molecule has 0 bridgehead atoms. The summed E-state index contributed by atoms with van der Waals surface area (Å²) in [5, 5.41) is 9.98. The van der Waals surface area contributed by atoms with Gasteiger partial charge in [-0.25, -0.2) is 0 Å². The molecule has 0 aliphatic rings. The second-order valence-electron chi connectivity index (χ2n) is 2.78. The normalized spacial score (nSPS) is 9.20. The number of aromatic hydroxyl groups is 1. The Morgan fingerprint density at radius 3 is 2.87 bits per heavy atom. The zero-order valence-electron chi connectivity index (χ0n) is 7.83. The molecule has 1 aromatic rings. The Balaban J connectivity index is 3.13. The van der Waals surface area contributed by atoms with Crippen molar-refractivity contribution in [2.45, 2.75) is 6.42 Å². The van der Waals surface area contributed by atoms with Crippen LogP contribution >= 0.6 is 24.2 Å². The van der Waals surface area contributed by atoms with Crippen LogP contribution in [0.4, 0.5) is 0 Å². The lowest BCUT2D eigenvalue weighted by atomic mass is 10.1. The van der Waals surface area contributed by atoms with E-state index < -0.39 is 0 Å². The molecule has 0 amide bonds. The average molecular weight is 241 g/mol. The first-order valence-corrected chi connectivity index (χ1v) is 5.27. The largest absolute Gasteiger partial charge is 0.506 e. The number of thiol groups is 1. The summed E-state index contributed by atoms with van der Waals surface area (Å²) >= 11 is 9.77. The zero-order chi connectivity index (χ0) is 11.3. The molecule has 0 saturated carbocycles. The van der Waals surface area contributed by atoms with E-state index in [0.29, 0.717) is 29.0 Å². The number of phenols is 1. The van der Waals surface area contributed by atoms with Crippen LogP contribution in [-0.4, -0.2) is 17.1 Å². The van der Waals surface area contributed by atoms with Crippen molar-refractivity contribution in [2.75, 3.05) is 5.75 Å². The van der Waals surface area contributed by atoms with Gasteiger partial charge >= 0.3 is 0 Å². The molecule has 0 spiro atoms. The Hall–Kier alpha value is -1.11. The Morgan fingerprint density at radius 2 is 2.27 bits per heavy atom. The van der Waals surface area contributed by atoms with Crippen molar-refractivity contribution in [3.8, 4) is 17.6 Å². The van der Waals surface area contributed by atoms with Crippen LogP contribution in [0.3, 0.4) is 0 Å². The van der Waals surface area contributed by atoms with Crippen LogP contribution in [-0.2, 0) is 0 Å². The van der Waals surface area contributed by atoms with E-state index in [2.05, 4.69) is 24.5 Å². The molecular formula is C11H9ClO2S. The molecule has 0 atom stereocenters. The van der Waals surface area contributed by atoms with Gasteiger partial charge < -0.3 is 5.11 Å². The second-order valence-corrected chi connectivity index (χ2v) is 3.67. The van der Waals surface area contributed by atoms with Gasteiger partial charge in [-0.3, -0.25) is 4.79 Å². The van der Waals surface area contributed by atoms with Crippen molar-refractivity contribution >= 4 is 30.5 Å².